The summed E-state index contributed by atoms with van der Waals surface area (Å²) < 4.78 is 0. The van der Waals surface area contributed by atoms with Crippen LogP contribution in [0.4, 0.5) is 0 Å². The Labute approximate surface area is 238 Å². The summed E-state index contributed by atoms with van der Waals surface area (Å²) in [7, 11) is 0. The van der Waals surface area contributed by atoms with Crippen LogP contribution in [0.15, 0.2) is 0 Å². The van der Waals surface area contributed by atoms with E-state index in [-0.39, 0.29) is 161 Å². The Bertz CT molecular complexity index is 255. The molecule has 19 heavy (non-hydrogen) atoms. The predicted molar refractivity (Wildman–Crippen MR) is 42.0 cm³/mol. The van der Waals surface area contributed by atoms with Gasteiger partial charge in [-0.3, -0.25) is 0 Å². The molecular weight excluding hydrogens is 341 g/mol. The van der Waals surface area contributed by atoms with Gasteiger partial charge in [0.15, 0.2) is 0 Å². The second-order valence-corrected chi connectivity index (χ2v) is 2.73. The average Bonchev–Trinajstić information content (AvgIpc) is 2.01. The summed E-state index contributed by atoms with van der Waals surface area (Å²) >= 11 is 0. The third-order valence-corrected chi connectivity index (χ3v) is 1.25. The molecule has 0 saturated heterocycles. The molecule has 0 fully saturated rings. The van der Waals surface area contributed by atoms with Crippen molar-refractivity contribution in [3.63, 3.8) is 0 Å². The molecule has 2 N–H and O–H groups in total. The molecule has 0 unspecified atom stereocenters. The first-order valence-electron chi connectivity index (χ1n) is 4.14. The van der Waals surface area contributed by atoms with Crippen LogP contribution >= 0.6 is 0 Å². The van der Waals surface area contributed by atoms with E-state index in [1.807, 2.05) is 0 Å². The Kier molecular flexibility index (Phi) is 34.3. The molecule has 0 aromatic heterocycles. The first kappa shape index (κ1) is 33.8. The van der Waals surface area contributed by atoms with Crippen molar-refractivity contribution in [2.24, 2.45) is 0 Å². The largest absolute Gasteiger partial charge is 1.00 e. The number of carboxylic acids is 3. The summed E-state index contributed by atoms with van der Waals surface area (Å²) in [5.41, 5.74) is -2.97. The third-order valence-electron chi connectivity index (χ3n) is 1.25. The van der Waals surface area contributed by atoms with Crippen LogP contribution in [0.1, 0.15) is 19.8 Å². The molecule has 8 nitrogen and oxygen atoms in total. The van der Waals surface area contributed by atoms with Gasteiger partial charge in [0.25, 0.3) is 0 Å². The number of aliphatic hydroxyl groups excluding tert-OH is 1. The van der Waals surface area contributed by atoms with E-state index in [4.69, 9.17) is 10.2 Å². The summed E-state index contributed by atoms with van der Waals surface area (Å²) in [6, 6.07) is 0. The zero-order chi connectivity index (χ0) is 13.4. The molecule has 0 spiro atoms. The van der Waals surface area contributed by atoms with E-state index in [0.717, 1.165) is 0 Å². The molecule has 0 aliphatic rings. The Balaban J connectivity index is -0.0000000992. The van der Waals surface area contributed by atoms with Gasteiger partial charge < -0.3 is 39.9 Å². The first-order chi connectivity index (χ1) is 7.19. The molecule has 0 bridgehead atoms. The SMILES string of the molecule is CCO.O=C([O-])CC(O)(CC(=O)[O-])C(=O)[O-].[K+].[K+].[K+]. The summed E-state index contributed by atoms with van der Waals surface area (Å²) in [6.07, 6.45) is -2.72. The van der Waals surface area contributed by atoms with Crippen LogP contribution in [-0.2, 0) is 14.4 Å². The number of carbonyl (C=O) groups is 3. The minimum Gasteiger partial charge on any atom is -0.550 e. The zero-order valence-corrected chi connectivity index (χ0v) is 20.8. The normalized spacial score (nSPS) is 8.37. The van der Waals surface area contributed by atoms with Crippen LogP contribution < -0.4 is 169 Å². The monoisotopic (exact) mass is 352 g/mol. The van der Waals surface area contributed by atoms with Crippen molar-refractivity contribution in [2.75, 3.05) is 6.61 Å². The number of hydrogen-bond acceptors (Lipinski definition) is 8. The van der Waals surface area contributed by atoms with Gasteiger partial charge in [-0.2, -0.15) is 0 Å². The summed E-state index contributed by atoms with van der Waals surface area (Å²) in [5.74, 6) is -5.98. The van der Waals surface area contributed by atoms with Gasteiger partial charge in [-0.1, -0.05) is 0 Å². The van der Waals surface area contributed by atoms with Crippen molar-refractivity contribution in [3.05, 3.63) is 0 Å². The molecule has 0 rings (SSSR count). The third kappa shape index (κ3) is 21.2. The molecule has 0 heterocycles. The topological polar surface area (TPSA) is 161 Å². The van der Waals surface area contributed by atoms with Gasteiger partial charge in [0.1, 0.15) is 5.60 Å². The van der Waals surface area contributed by atoms with Crippen LogP contribution in [-0.4, -0.2) is 40.3 Å². The molecule has 0 atom stereocenters. The Morgan fingerprint density at radius 1 is 0.947 bits per heavy atom. The average molecular weight is 352 g/mol. The molecule has 11 heteroatoms. The van der Waals surface area contributed by atoms with Crippen molar-refractivity contribution in [2.45, 2.75) is 25.4 Å². The van der Waals surface area contributed by atoms with E-state index in [1.165, 1.54) is 0 Å². The van der Waals surface area contributed by atoms with Crippen molar-refractivity contribution < 1.29 is 194 Å². The minimum atomic E-state index is -2.97. The maximum Gasteiger partial charge on any atom is 1.00 e. The predicted octanol–water partition coefficient (Wildman–Crippen LogP) is -14.2. The quantitative estimate of drug-likeness (QED) is 0.461. The maximum atomic E-state index is 10.1. The minimum absolute atomic E-state index is 0. The maximum absolute atomic E-state index is 10.1. The molecule has 0 aromatic rings. The Morgan fingerprint density at radius 2 is 1.16 bits per heavy atom. The molecule has 0 aromatic carbocycles. The van der Waals surface area contributed by atoms with E-state index < -0.39 is 36.4 Å². The van der Waals surface area contributed by atoms with Crippen LogP contribution in [0, 0.1) is 0 Å². The van der Waals surface area contributed by atoms with Gasteiger partial charge in [0.2, 0.25) is 0 Å². The fourth-order valence-electron chi connectivity index (χ4n) is 0.684. The molecule has 0 saturated carbocycles. The fraction of sp³-hybridized carbons (Fsp3) is 0.625. The van der Waals surface area contributed by atoms with E-state index >= 15 is 0 Å². The van der Waals surface area contributed by atoms with Crippen LogP contribution in [0.5, 0.6) is 0 Å². The molecular formula is C8H11K3O8. The van der Waals surface area contributed by atoms with Gasteiger partial charge in [-0.05, 0) is 6.92 Å². The second-order valence-electron chi connectivity index (χ2n) is 2.73. The van der Waals surface area contributed by atoms with E-state index in [2.05, 4.69) is 0 Å². The standard InChI is InChI=1S/C6H8O7.C2H6O.3K/c7-3(8)1-6(13,5(11)12)2-4(9)10;1-2-3;;;/h13H,1-2H2,(H,7,8)(H,9,10)(H,11,12);3H,2H2,1H3;;;/q;;3*+1/p-3. The van der Waals surface area contributed by atoms with Crippen molar-refractivity contribution in [1.82, 2.24) is 0 Å². The first-order valence-corrected chi connectivity index (χ1v) is 4.14. The Morgan fingerprint density at radius 3 is 1.26 bits per heavy atom. The summed E-state index contributed by atoms with van der Waals surface area (Å²) in [6.45, 7) is 1.93. The zero-order valence-electron chi connectivity index (χ0n) is 11.5. The Hall–Kier alpha value is 3.24. The van der Waals surface area contributed by atoms with Gasteiger partial charge in [-0.25, -0.2) is 0 Å². The van der Waals surface area contributed by atoms with E-state index in [0.29, 0.717) is 0 Å². The van der Waals surface area contributed by atoms with Crippen LogP contribution in [0.25, 0.3) is 0 Å². The smallest absolute Gasteiger partial charge is 0.550 e. The number of rotatable bonds is 5. The van der Waals surface area contributed by atoms with Crippen LogP contribution in [0.2, 0.25) is 0 Å². The van der Waals surface area contributed by atoms with Crippen molar-refractivity contribution in [1.29, 1.82) is 0 Å². The van der Waals surface area contributed by atoms with E-state index in [1.54, 1.807) is 6.92 Å². The second kappa shape index (κ2) is 19.3. The van der Waals surface area contributed by atoms with Crippen LogP contribution in [0.3, 0.4) is 0 Å². The molecule has 0 aliphatic carbocycles. The molecule has 94 valence electrons. The summed E-state index contributed by atoms with van der Waals surface area (Å²) in [5, 5.41) is 46.5. The number of carbonyl (C=O) groups excluding carboxylic acids is 3. The fourth-order valence-corrected chi connectivity index (χ4v) is 0.684. The van der Waals surface area contributed by atoms with Gasteiger partial charge in [0.05, 0.1) is 5.97 Å². The number of aliphatic hydroxyl groups is 2. The molecule has 0 aliphatic heterocycles. The van der Waals surface area contributed by atoms with Gasteiger partial charge >= 0.3 is 154 Å². The van der Waals surface area contributed by atoms with Crippen molar-refractivity contribution in [3.8, 4) is 0 Å². The van der Waals surface area contributed by atoms with E-state index in [9.17, 15) is 29.7 Å². The molecule has 0 radical (unpaired) electrons. The van der Waals surface area contributed by atoms with Crippen molar-refractivity contribution >= 4 is 17.9 Å². The number of aliphatic carboxylic acids is 3. The number of carboxylic acid groups (broad SMARTS) is 3. The van der Waals surface area contributed by atoms with Gasteiger partial charge in [-0.15, -0.1) is 0 Å². The molecule has 0 amide bonds. The number of hydrogen-bond donors (Lipinski definition) is 2. The summed E-state index contributed by atoms with van der Waals surface area (Å²) in [4.78, 5) is 30.0. The van der Waals surface area contributed by atoms with Gasteiger partial charge in [0, 0.05) is 31.4 Å².